The number of carbonyl (C=O) groups is 1. The molecule has 0 radical (unpaired) electrons. The molecule has 3 aromatic rings. The quantitative estimate of drug-likeness (QED) is 0.525. The molecule has 2 unspecified atom stereocenters. The van der Waals surface area contributed by atoms with Gasteiger partial charge >= 0.3 is 0 Å². The minimum Gasteiger partial charge on any atom is -0.294 e. The molecular weight excluding hydrogens is 342 g/mol. The molecular formula is C26H27NO. The molecule has 2 atom stereocenters. The van der Waals surface area contributed by atoms with Gasteiger partial charge in [-0.15, -0.1) is 0 Å². The fraction of sp³-hybridized carbons (Fsp3) is 0.269. The summed E-state index contributed by atoms with van der Waals surface area (Å²) < 4.78 is 0. The minimum absolute atomic E-state index is 0.00389. The van der Waals surface area contributed by atoms with E-state index in [0.717, 1.165) is 17.7 Å². The Labute approximate surface area is 167 Å². The van der Waals surface area contributed by atoms with E-state index in [0.29, 0.717) is 0 Å². The molecule has 142 valence electrons. The zero-order chi connectivity index (χ0) is 19.7. The van der Waals surface area contributed by atoms with Crippen LogP contribution in [0.3, 0.4) is 0 Å². The van der Waals surface area contributed by atoms with E-state index in [1.165, 1.54) is 11.1 Å². The van der Waals surface area contributed by atoms with Crippen LogP contribution in [0.4, 0.5) is 0 Å². The van der Waals surface area contributed by atoms with Crippen molar-refractivity contribution in [2.45, 2.75) is 32.4 Å². The van der Waals surface area contributed by atoms with Crippen molar-refractivity contribution in [3.05, 3.63) is 96.1 Å². The lowest BCUT2D eigenvalue weighted by Crippen LogP contribution is -2.60. The molecule has 1 aliphatic rings. The summed E-state index contributed by atoms with van der Waals surface area (Å²) >= 11 is 0. The molecule has 1 saturated heterocycles. The van der Waals surface area contributed by atoms with Crippen LogP contribution in [-0.4, -0.2) is 22.8 Å². The Kier molecular flexibility index (Phi) is 4.91. The van der Waals surface area contributed by atoms with Crippen molar-refractivity contribution in [2.75, 3.05) is 6.54 Å². The average molecular weight is 370 g/mol. The lowest BCUT2D eigenvalue weighted by atomic mass is 9.75. The van der Waals surface area contributed by atoms with Crippen molar-refractivity contribution >= 4 is 5.78 Å². The van der Waals surface area contributed by atoms with Gasteiger partial charge in [0.1, 0.15) is 0 Å². The van der Waals surface area contributed by atoms with Crippen molar-refractivity contribution in [2.24, 2.45) is 5.92 Å². The lowest BCUT2D eigenvalue weighted by Gasteiger charge is -2.54. The van der Waals surface area contributed by atoms with Crippen LogP contribution in [0, 0.1) is 5.92 Å². The Balaban J connectivity index is 1.59. The van der Waals surface area contributed by atoms with Gasteiger partial charge in [-0.25, -0.2) is 0 Å². The second-order valence-electron chi connectivity index (χ2n) is 8.59. The molecule has 0 bridgehead atoms. The second kappa shape index (κ2) is 7.37. The van der Waals surface area contributed by atoms with Gasteiger partial charge in [0.15, 0.2) is 5.78 Å². The van der Waals surface area contributed by atoms with Crippen molar-refractivity contribution in [1.29, 1.82) is 0 Å². The smallest absolute Gasteiger partial charge is 0.169 e. The SMILES string of the molecule is CC(C)(C)N1CC(C(=O)c2ccc(-c3ccccc3)cc2)C1c1ccccc1. The molecule has 1 fully saturated rings. The van der Waals surface area contributed by atoms with Crippen LogP contribution in [0.25, 0.3) is 11.1 Å². The summed E-state index contributed by atoms with van der Waals surface area (Å²) in [5, 5.41) is 0. The molecule has 0 saturated carbocycles. The number of nitrogens with zero attached hydrogens (tertiary/aromatic N) is 1. The third kappa shape index (κ3) is 3.53. The summed E-state index contributed by atoms with van der Waals surface area (Å²) in [6, 6.07) is 28.9. The van der Waals surface area contributed by atoms with E-state index in [2.05, 4.69) is 74.2 Å². The van der Waals surface area contributed by atoms with Crippen LogP contribution in [-0.2, 0) is 0 Å². The van der Waals surface area contributed by atoms with Crippen LogP contribution in [0.15, 0.2) is 84.9 Å². The fourth-order valence-electron chi connectivity index (χ4n) is 4.16. The molecule has 0 aliphatic carbocycles. The maximum absolute atomic E-state index is 13.3. The van der Waals surface area contributed by atoms with Crippen molar-refractivity contribution in [1.82, 2.24) is 4.90 Å². The maximum atomic E-state index is 13.3. The summed E-state index contributed by atoms with van der Waals surface area (Å²) in [6.07, 6.45) is 0. The highest BCUT2D eigenvalue weighted by atomic mass is 16.1. The number of benzene rings is 3. The van der Waals surface area contributed by atoms with Gasteiger partial charge in [0.2, 0.25) is 0 Å². The molecule has 0 spiro atoms. The van der Waals surface area contributed by atoms with Gasteiger partial charge in [0, 0.05) is 23.7 Å². The van der Waals surface area contributed by atoms with Crippen LogP contribution >= 0.6 is 0 Å². The Morgan fingerprint density at radius 3 is 1.89 bits per heavy atom. The van der Waals surface area contributed by atoms with Gasteiger partial charge in [0.05, 0.1) is 5.92 Å². The normalized spacial score (nSPS) is 19.8. The fourth-order valence-corrected chi connectivity index (χ4v) is 4.16. The summed E-state index contributed by atoms with van der Waals surface area (Å²) in [4.78, 5) is 15.7. The van der Waals surface area contributed by atoms with E-state index in [-0.39, 0.29) is 23.3 Å². The highest BCUT2D eigenvalue weighted by Gasteiger charge is 2.48. The molecule has 2 nitrogen and oxygen atoms in total. The second-order valence-corrected chi connectivity index (χ2v) is 8.59. The lowest BCUT2D eigenvalue weighted by molar-refractivity contribution is -0.0434. The first-order chi connectivity index (χ1) is 13.4. The molecule has 1 aliphatic heterocycles. The number of hydrogen-bond acceptors (Lipinski definition) is 2. The topological polar surface area (TPSA) is 20.3 Å². The largest absolute Gasteiger partial charge is 0.294 e. The zero-order valence-electron chi connectivity index (χ0n) is 16.8. The molecule has 28 heavy (non-hydrogen) atoms. The van der Waals surface area contributed by atoms with Gasteiger partial charge in [-0.3, -0.25) is 9.69 Å². The van der Waals surface area contributed by atoms with E-state index in [1.54, 1.807) is 0 Å². The highest BCUT2D eigenvalue weighted by molar-refractivity contribution is 5.99. The number of carbonyl (C=O) groups excluding carboxylic acids is 1. The minimum atomic E-state index is 0.00389. The first kappa shape index (κ1) is 18.6. The third-order valence-electron chi connectivity index (χ3n) is 5.73. The Morgan fingerprint density at radius 2 is 1.32 bits per heavy atom. The maximum Gasteiger partial charge on any atom is 0.169 e. The summed E-state index contributed by atoms with van der Waals surface area (Å²) in [5.41, 5.74) is 4.38. The van der Waals surface area contributed by atoms with Crippen molar-refractivity contribution < 1.29 is 4.79 Å². The Hall–Kier alpha value is -2.71. The number of rotatable bonds is 4. The molecule has 0 N–H and O–H groups in total. The van der Waals surface area contributed by atoms with Gasteiger partial charge in [0.25, 0.3) is 0 Å². The highest BCUT2D eigenvalue weighted by Crippen LogP contribution is 2.44. The predicted octanol–water partition coefficient (Wildman–Crippen LogP) is 6.01. The van der Waals surface area contributed by atoms with Crippen LogP contribution < -0.4 is 0 Å². The van der Waals surface area contributed by atoms with Crippen molar-refractivity contribution in [3.8, 4) is 11.1 Å². The molecule has 4 rings (SSSR count). The van der Waals surface area contributed by atoms with Crippen LogP contribution in [0.1, 0.15) is 42.7 Å². The van der Waals surface area contributed by atoms with Crippen molar-refractivity contribution in [3.63, 3.8) is 0 Å². The molecule has 2 heteroatoms. The van der Waals surface area contributed by atoms with E-state index < -0.39 is 0 Å². The summed E-state index contributed by atoms with van der Waals surface area (Å²) in [7, 11) is 0. The summed E-state index contributed by atoms with van der Waals surface area (Å²) in [6.45, 7) is 7.47. The van der Waals surface area contributed by atoms with Crippen LogP contribution in [0.5, 0.6) is 0 Å². The van der Waals surface area contributed by atoms with Gasteiger partial charge in [-0.1, -0.05) is 84.9 Å². The van der Waals surface area contributed by atoms with Gasteiger partial charge < -0.3 is 0 Å². The van der Waals surface area contributed by atoms with Crippen LogP contribution in [0.2, 0.25) is 0 Å². The third-order valence-corrected chi connectivity index (χ3v) is 5.73. The first-order valence-electron chi connectivity index (χ1n) is 9.96. The number of hydrogen-bond donors (Lipinski definition) is 0. The van der Waals surface area contributed by atoms with E-state index in [9.17, 15) is 4.79 Å². The monoisotopic (exact) mass is 369 g/mol. The molecule has 0 aromatic heterocycles. The Bertz CT molecular complexity index is 939. The van der Waals surface area contributed by atoms with E-state index in [1.807, 2.05) is 36.4 Å². The average Bonchev–Trinajstić information content (AvgIpc) is 2.68. The van der Waals surface area contributed by atoms with E-state index >= 15 is 0 Å². The molecule has 1 heterocycles. The standard InChI is InChI=1S/C26H27NO/c1-26(2,3)27-18-23(24(27)21-12-8-5-9-13-21)25(28)22-16-14-20(15-17-22)19-10-6-4-7-11-19/h4-17,23-24H,18H2,1-3H3. The number of likely N-dealkylation sites (tertiary alicyclic amines) is 1. The molecule has 0 amide bonds. The van der Waals surface area contributed by atoms with E-state index in [4.69, 9.17) is 0 Å². The Morgan fingerprint density at radius 1 is 0.786 bits per heavy atom. The van der Waals surface area contributed by atoms with Gasteiger partial charge in [-0.05, 0) is 37.5 Å². The molecule has 3 aromatic carbocycles. The van der Waals surface area contributed by atoms with Gasteiger partial charge in [-0.2, -0.15) is 0 Å². The summed E-state index contributed by atoms with van der Waals surface area (Å²) in [5.74, 6) is 0.248. The zero-order valence-corrected chi connectivity index (χ0v) is 16.8. The first-order valence-corrected chi connectivity index (χ1v) is 9.96. The number of ketones is 1. The predicted molar refractivity (Wildman–Crippen MR) is 115 cm³/mol. The number of Topliss-reactive ketones (excluding diaryl/α,β-unsaturated/α-hetero) is 1.